The van der Waals surface area contributed by atoms with Gasteiger partial charge in [0, 0.05) is 11.3 Å². The summed E-state index contributed by atoms with van der Waals surface area (Å²) in [5.74, 6) is -0.0866. The molecule has 0 aliphatic carbocycles. The molecule has 0 radical (unpaired) electrons. The topological polar surface area (TPSA) is 119 Å². The van der Waals surface area contributed by atoms with Crippen LogP contribution in [-0.2, 0) is 4.79 Å². The minimum absolute atomic E-state index is 0.0436. The van der Waals surface area contributed by atoms with Gasteiger partial charge in [-0.1, -0.05) is 23.9 Å². The van der Waals surface area contributed by atoms with Crippen LogP contribution in [0.1, 0.15) is 33.3 Å². The number of thiophene rings is 2. The Morgan fingerprint density at radius 1 is 1.23 bits per heavy atom. The number of nitrogen functional groups attached to an aromatic ring is 1. The smallest absolute Gasteiger partial charge is 0.253 e. The Kier molecular flexibility index (Phi) is 5.81. The lowest BCUT2D eigenvalue weighted by Crippen LogP contribution is -2.28. The number of thioether (sulfide) groups is 1. The van der Waals surface area contributed by atoms with E-state index in [1.54, 1.807) is 22.7 Å². The van der Waals surface area contributed by atoms with Crippen molar-refractivity contribution in [2.75, 3.05) is 11.5 Å². The number of pyridine rings is 1. The molecule has 7 nitrogen and oxygen atoms in total. The summed E-state index contributed by atoms with van der Waals surface area (Å²) in [5.41, 5.74) is 7.02. The first-order chi connectivity index (χ1) is 14.6. The normalized spacial score (nSPS) is 15.5. The number of nitrogens with zero attached hydrogens (tertiary/aromatic N) is 5. The molecule has 0 saturated carbocycles. The van der Waals surface area contributed by atoms with Gasteiger partial charge in [0.15, 0.2) is 0 Å². The van der Waals surface area contributed by atoms with E-state index in [4.69, 9.17) is 11.0 Å². The number of anilines is 1. The number of aromatic nitrogens is 1. The lowest BCUT2D eigenvalue weighted by molar-refractivity contribution is -0.130. The largest absolute Gasteiger partial charge is 0.383 e. The van der Waals surface area contributed by atoms with Crippen LogP contribution in [0.25, 0.3) is 0 Å². The summed E-state index contributed by atoms with van der Waals surface area (Å²) in [7, 11) is 0. The van der Waals surface area contributed by atoms with Gasteiger partial charge in [-0.2, -0.15) is 15.6 Å². The first-order valence-electron chi connectivity index (χ1n) is 8.81. The van der Waals surface area contributed by atoms with E-state index in [1.807, 2.05) is 47.2 Å². The van der Waals surface area contributed by atoms with Crippen LogP contribution < -0.4 is 5.73 Å². The van der Waals surface area contributed by atoms with E-state index in [0.717, 1.165) is 27.2 Å². The Balaban J connectivity index is 1.56. The molecule has 1 aliphatic rings. The lowest BCUT2D eigenvalue weighted by Gasteiger charge is -2.20. The van der Waals surface area contributed by atoms with E-state index in [-0.39, 0.29) is 34.6 Å². The third-order valence-electron chi connectivity index (χ3n) is 4.43. The van der Waals surface area contributed by atoms with Gasteiger partial charge < -0.3 is 5.73 Å². The van der Waals surface area contributed by atoms with Gasteiger partial charge in [0.25, 0.3) is 5.91 Å². The minimum Gasteiger partial charge on any atom is -0.383 e. The maximum atomic E-state index is 13.1. The standard InChI is InChI=1S/C20H14N6OS3/c21-9-12-7-13(10-22)20(24-19(12)23)30-11-18(27)26-15(17-4-2-6-29-17)8-14(25-26)16-3-1-5-28-16/h1-7,15H,8,11H2,(H2,23,24)/t15-/m1/s1. The Hall–Kier alpha value is -3.18. The van der Waals surface area contributed by atoms with Crippen LogP contribution in [0.15, 0.2) is 51.2 Å². The average Bonchev–Trinajstić information content (AvgIpc) is 3.52. The van der Waals surface area contributed by atoms with Crippen molar-refractivity contribution < 1.29 is 4.79 Å². The van der Waals surface area contributed by atoms with Crippen molar-refractivity contribution in [3.63, 3.8) is 0 Å². The number of hydrogen-bond donors (Lipinski definition) is 1. The predicted octanol–water partition coefficient (Wildman–Crippen LogP) is 4.00. The highest BCUT2D eigenvalue weighted by Crippen LogP contribution is 2.36. The second-order valence-electron chi connectivity index (χ2n) is 6.28. The second-order valence-corrected chi connectivity index (χ2v) is 9.17. The number of rotatable bonds is 5. The number of carbonyl (C=O) groups excluding carboxylic acids is 1. The van der Waals surface area contributed by atoms with E-state index in [9.17, 15) is 10.1 Å². The quantitative estimate of drug-likeness (QED) is 0.587. The van der Waals surface area contributed by atoms with Crippen molar-refractivity contribution in [3.05, 3.63) is 62.0 Å². The number of hydrazone groups is 1. The van der Waals surface area contributed by atoms with E-state index >= 15 is 0 Å². The lowest BCUT2D eigenvalue weighted by atomic mass is 10.1. The Morgan fingerprint density at radius 3 is 2.67 bits per heavy atom. The van der Waals surface area contributed by atoms with Gasteiger partial charge in [-0.15, -0.1) is 22.7 Å². The van der Waals surface area contributed by atoms with Gasteiger partial charge in [0.05, 0.1) is 33.5 Å². The zero-order valence-corrected chi connectivity index (χ0v) is 17.9. The molecule has 0 bridgehead atoms. The number of carbonyl (C=O) groups is 1. The summed E-state index contributed by atoms with van der Waals surface area (Å²) >= 11 is 4.31. The maximum absolute atomic E-state index is 13.1. The molecule has 0 saturated heterocycles. The highest BCUT2D eigenvalue weighted by Gasteiger charge is 2.34. The molecule has 148 valence electrons. The molecule has 10 heteroatoms. The molecule has 1 amide bonds. The van der Waals surface area contributed by atoms with Crippen molar-refractivity contribution in [1.29, 1.82) is 10.5 Å². The summed E-state index contributed by atoms with van der Waals surface area (Å²) in [4.78, 5) is 19.3. The Bertz CT molecular complexity index is 1190. The molecule has 3 aromatic rings. The number of hydrogen-bond acceptors (Lipinski definition) is 9. The first kappa shape index (κ1) is 20.1. The van der Waals surface area contributed by atoms with Crippen LogP contribution in [0.3, 0.4) is 0 Å². The van der Waals surface area contributed by atoms with Gasteiger partial charge >= 0.3 is 0 Å². The molecule has 1 atom stereocenters. The molecule has 3 aromatic heterocycles. The Morgan fingerprint density at radius 2 is 2.00 bits per heavy atom. The summed E-state index contributed by atoms with van der Waals surface area (Å²) < 4.78 is 0. The second kappa shape index (κ2) is 8.67. The number of nitrogens with two attached hydrogens (primary N) is 1. The summed E-state index contributed by atoms with van der Waals surface area (Å²) in [6.45, 7) is 0. The molecular formula is C20H14N6OS3. The zero-order valence-electron chi connectivity index (χ0n) is 15.5. The molecule has 30 heavy (non-hydrogen) atoms. The highest BCUT2D eigenvalue weighted by atomic mass is 32.2. The van der Waals surface area contributed by atoms with Crippen molar-refractivity contribution in [1.82, 2.24) is 9.99 Å². The first-order valence-corrected chi connectivity index (χ1v) is 11.6. The number of nitriles is 2. The monoisotopic (exact) mass is 450 g/mol. The SMILES string of the molecule is N#Cc1cc(C#N)c(SCC(=O)N2N=C(c3cccs3)C[C@@H]2c2cccs2)nc1N. The van der Waals surface area contributed by atoms with Crippen LogP contribution in [0.2, 0.25) is 0 Å². The van der Waals surface area contributed by atoms with Crippen LogP contribution in [-0.4, -0.2) is 27.4 Å². The average molecular weight is 451 g/mol. The fourth-order valence-electron chi connectivity index (χ4n) is 3.02. The van der Waals surface area contributed by atoms with Gasteiger partial charge in [0.1, 0.15) is 23.0 Å². The molecular weight excluding hydrogens is 436 g/mol. The highest BCUT2D eigenvalue weighted by molar-refractivity contribution is 8.00. The zero-order chi connectivity index (χ0) is 21.1. The molecule has 0 unspecified atom stereocenters. The minimum atomic E-state index is -0.182. The molecule has 0 aromatic carbocycles. The van der Waals surface area contributed by atoms with E-state index in [0.29, 0.717) is 11.4 Å². The maximum Gasteiger partial charge on any atom is 0.253 e. The van der Waals surface area contributed by atoms with Crippen LogP contribution in [0, 0.1) is 22.7 Å². The molecule has 4 heterocycles. The van der Waals surface area contributed by atoms with Crippen LogP contribution >= 0.6 is 34.4 Å². The van der Waals surface area contributed by atoms with Crippen molar-refractivity contribution >= 4 is 51.9 Å². The number of amides is 1. The Labute approximate surface area is 185 Å². The predicted molar refractivity (Wildman–Crippen MR) is 118 cm³/mol. The van der Waals surface area contributed by atoms with Crippen molar-refractivity contribution in [3.8, 4) is 12.1 Å². The van der Waals surface area contributed by atoms with Crippen LogP contribution in [0.4, 0.5) is 5.82 Å². The van der Waals surface area contributed by atoms with E-state index in [1.165, 1.54) is 11.1 Å². The fraction of sp³-hybridized carbons (Fsp3) is 0.150. The molecule has 2 N–H and O–H groups in total. The van der Waals surface area contributed by atoms with Gasteiger partial charge in [-0.3, -0.25) is 4.79 Å². The van der Waals surface area contributed by atoms with Gasteiger partial charge in [0.2, 0.25) is 0 Å². The molecule has 0 fully saturated rings. The van der Waals surface area contributed by atoms with Gasteiger partial charge in [-0.25, -0.2) is 9.99 Å². The molecule has 0 spiro atoms. The van der Waals surface area contributed by atoms with Crippen molar-refractivity contribution in [2.24, 2.45) is 5.10 Å². The van der Waals surface area contributed by atoms with E-state index in [2.05, 4.69) is 10.1 Å². The summed E-state index contributed by atoms with van der Waals surface area (Å²) in [6, 6.07) is 13.1. The summed E-state index contributed by atoms with van der Waals surface area (Å²) in [6.07, 6.45) is 0.656. The van der Waals surface area contributed by atoms with Gasteiger partial charge in [-0.05, 0) is 29.0 Å². The molecule has 4 rings (SSSR count). The van der Waals surface area contributed by atoms with E-state index < -0.39 is 0 Å². The fourth-order valence-corrected chi connectivity index (χ4v) is 5.37. The van der Waals surface area contributed by atoms with Crippen molar-refractivity contribution in [2.45, 2.75) is 17.5 Å². The third kappa shape index (κ3) is 3.94. The van der Waals surface area contributed by atoms with Crippen LogP contribution in [0.5, 0.6) is 0 Å². The third-order valence-corrected chi connectivity index (χ3v) is 7.30. The summed E-state index contributed by atoms with van der Waals surface area (Å²) in [5, 5.41) is 28.9. The molecule has 1 aliphatic heterocycles.